The third kappa shape index (κ3) is 5.34. The molecule has 0 unspecified atom stereocenters. The Morgan fingerprint density at radius 1 is 1.00 bits per heavy atom. The van der Waals surface area contributed by atoms with E-state index in [1.807, 2.05) is 23.1 Å². The van der Waals surface area contributed by atoms with Crippen LogP contribution in [0.5, 0.6) is 0 Å². The molecule has 27 heavy (non-hydrogen) atoms. The van der Waals surface area contributed by atoms with Crippen LogP contribution in [0, 0.1) is 11.6 Å². The Morgan fingerprint density at radius 2 is 1.70 bits per heavy atom. The smallest absolute Gasteiger partial charge is 0.251 e. The number of amides is 2. The standard InChI is InChI=1S/C20H21F2N3O2/c21-17-7-6-16(12-18(17)22)23-19(26)13-25-10-8-15(9-11-25)24-20(27)14-4-2-1-3-5-14/h1-7,12,15H,8-11,13H2,(H,23,26)(H,24,27). The number of carbonyl (C=O) groups is 2. The summed E-state index contributed by atoms with van der Waals surface area (Å²) in [6.45, 7) is 1.51. The molecule has 5 nitrogen and oxygen atoms in total. The molecule has 1 saturated heterocycles. The van der Waals surface area contributed by atoms with Crippen molar-refractivity contribution in [3.05, 3.63) is 65.7 Å². The molecule has 2 aromatic carbocycles. The fraction of sp³-hybridized carbons (Fsp3) is 0.300. The van der Waals surface area contributed by atoms with Crippen LogP contribution in [0.4, 0.5) is 14.5 Å². The molecule has 0 spiro atoms. The number of likely N-dealkylation sites (tertiary alicyclic amines) is 1. The third-order valence-corrected chi connectivity index (χ3v) is 4.53. The Hall–Kier alpha value is -2.80. The highest BCUT2D eigenvalue weighted by atomic mass is 19.2. The molecule has 142 valence electrons. The van der Waals surface area contributed by atoms with Crippen molar-refractivity contribution in [3.63, 3.8) is 0 Å². The molecular weight excluding hydrogens is 352 g/mol. The second-order valence-corrected chi connectivity index (χ2v) is 6.57. The van der Waals surface area contributed by atoms with E-state index in [4.69, 9.17) is 0 Å². The molecule has 0 radical (unpaired) electrons. The molecule has 0 aromatic heterocycles. The first kappa shape index (κ1) is 19.0. The monoisotopic (exact) mass is 373 g/mol. The van der Waals surface area contributed by atoms with Crippen molar-refractivity contribution in [1.82, 2.24) is 10.2 Å². The molecule has 0 aliphatic carbocycles. The SMILES string of the molecule is O=C(CN1CCC(NC(=O)c2ccccc2)CC1)Nc1ccc(F)c(F)c1. The number of nitrogens with zero attached hydrogens (tertiary/aromatic N) is 1. The van der Waals surface area contributed by atoms with Gasteiger partial charge in [-0.1, -0.05) is 18.2 Å². The Labute approximate surface area is 156 Å². The second-order valence-electron chi connectivity index (χ2n) is 6.57. The molecule has 0 atom stereocenters. The van der Waals surface area contributed by atoms with Crippen LogP contribution in [-0.4, -0.2) is 42.4 Å². The fourth-order valence-electron chi connectivity index (χ4n) is 3.07. The second kappa shape index (κ2) is 8.73. The topological polar surface area (TPSA) is 61.4 Å². The van der Waals surface area contributed by atoms with Gasteiger partial charge in [0.2, 0.25) is 5.91 Å². The summed E-state index contributed by atoms with van der Waals surface area (Å²) in [6.07, 6.45) is 1.49. The Bertz CT molecular complexity index is 806. The molecule has 1 aliphatic heterocycles. The Morgan fingerprint density at radius 3 is 2.37 bits per heavy atom. The van der Waals surface area contributed by atoms with E-state index in [9.17, 15) is 18.4 Å². The van der Waals surface area contributed by atoms with Crippen LogP contribution < -0.4 is 10.6 Å². The van der Waals surface area contributed by atoms with Crippen molar-refractivity contribution in [2.24, 2.45) is 0 Å². The van der Waals surface area contributed by atoms with Crippen LogP contribution in [0.15, 0.2) is 48.5 Å². The number of halogens is 2. The van der Waals surface area contributed by atoms with E-state index in [-0.39, 0.29) is 30.1 Å². The molecular formula is C20H21F2N3O2. The highest BCUT2D eigenvalue weighted by Crippen LogP contribution is 2.14. The minimum Gasteiger partial charge on any atom is -0.349 e. The Kier molecular flexibility index (Phi) is 6.13. The summed E-state index contributed by atoms with van der Waals surface area (Å²) in [5.41, 5.74) is 0.856. The highest BCUT2D eigenvalue weighted by Gasteiger charge is 2.22. The minimum absolute atomic E-state index is 0.0724. The van der Waals surface area contributed by atoms with E-state index < -0.39 is 11.6 Å². The number of carbonyl (C=O) groups excluding carboxylic acids is 2. The van der Waals surface area contributed by atoms with Gasteiger partial charge in [0.15, 0.2) is 11.6 Å². The van der Waals surface area contributed by atoms with Crippen LogP contribution in [0.25, 0.3) is 0 Å². The molecule has 2 N–H and O–H groups in total. The quantitative estimate of drug-likeness (QED) is 0.847. The number of benzene rings is 2. The molecule has 1 aliphatic rings. The molecule has 2 amide bonds. The normalized spacial score (nSPS) is 15.3. The number of rotatable bonds is 5. The summed E-state index contributed by atoms with van der Waals surface area (Å²) in [6, 6.07) is 12.4. The van der Waals surface area contributed by atoms with Gasteiger partial charge in [-0.25, -0.2) is 8.78 Å². The molecule has 3 rings (SSSR count). The van der Waals surface area contributed by atoms with Gasteiger partial charge in [-0.2, -0.15) is 0 Å². The highest BCUT2D eigenvalue weighted by molar-refractivity contribution is 5.94. The van der Waals surface area contributed by atoms with Gasteiger partial charge >= 0.3 is 0 Å². The summed E-state index contributed by atoms with van der Waals surface area (Å²) < 4.78 is 26.1. The third-order valence-electron chi connectivity index (χ3n) is 4.53. The van der Waals surface area contributed by atoms with E-state index >= 15 is 0 Å². The van der Waals surface area contributed by atoms with Gasteiger partial charge in [0, 0.05) is 36.4 Å². The van der Waals surface area contributed by atoms with Crippen molar-refractivity contribution in [2.45, 2.75) is 18.9 Å². The lowest BCUT2D eigenvalue weighted by Gasteiger charge is -2.31. The lowest BCUT2D eigenvalue weighted by molar-refractivity contribution is -0.117. The number of hydrogen-bond acceptors (Lipinski definition) is 3. The largest absolute Gasteiger partial charge is 0.349 e. The van der Waals surface area contributed by atoms with Crippen LogP contribution in [-0.2, 0) is 4.79 Å². The maximum absolute atomic E-state index is 13.2. The summed E-state index contributed by atoms with van der Waals surface area (Å²) in [7, 11) is 0. The summed E-state index contributed by atoms with van der Waals surface area (Å²) >= 11 is 0. The Balaban J connectivity index is 1.43. The van der Waals surface area contributed by atoms with Crippen LogP contribution in [0.3, 0.4) is 0 Å². The van der Waals surface area contributed by atoms with Crippen molar-refractivity contribution in [3.8, 4) is 0 Å². The molecule has 7 heteroatoms. The first-order valence-corrected chi connectivity index (χ1v) is 8.84. The summed E-state index contributed by atoms with van der Waals surface area (Å²) in [4.78, 5) is 26.2. The number of hydrogen-bond donors (Lipinski definition) is 2. The van der Waals surface area contributed by atoms with Crippen molar-refractivity contribution < 1.29 is 18.4 Å². The zero-order valence-electron chi connectivity index (χ0n) is 14.8. The molecule has 0 bridgehead atoms. The number of nitrogens with one attached hydrogen (secondary N) is 2. The van der Waals surface area contributed by atoms with Crippen LogP contribution >= 0.6 is 0 Å². The van der Waals surface area contributed by atoms with Crippen LogP contribution in [0.1, 0.15) is 23.2 Å². The van der Waals surface area contributed by atoms with E-state index in [0.29, 0.717) is 18.7 Å². The van der Waals surface area contributed by atoms with Crippen LogP contribution in [0.2, 0.25) is 0 Å². The van der Waals surface area contributed by atoms with Crippen molar-refractivity contribution in [2.75, 3.05) is 25.0 Å². The van der Waals surface area contributed by atoms with Gasteiger partial charge in [-0.15, -0.1) is 0 Å². The van der Waals surface area contributed by atoms with E-state index in [1.54, 1.807) is 12.1 Å². The molecule has 2 aromatic rings. The summed E-state index contributed by atoms with van der Waals surface area (Å²) in [5, 5.41) is 5.58. The lowest BCUT2D eigenvalue weighted by Crippen LogP contribution is -2.46. The molecule has 1 fully saturated rings. The number of piperidine rings is 1. The lowest BCUT2D eigenvalue weighted by atomic mass is 10.0. The van der Waals surface area contributed by atoms with Gasteiger partial charge in [-0.05, 0) is 37.1 Å². The summed E-state index contributed by atoms with van der Waals surface area (Å²) in [5.74, 6) is -2.33. The molecule has 1 heterocycles. The minimum atomic E-state index is -0.997. The zero-order valence-corrected chi connectivity index (χ0v) is 14.8. The maximum Gasteiger partial charge on any atom is 0.251 e. The zero-order chi connectivity index (χ0) is 19.2. The first-order chi connectivity index (χ1) is 13.0. The van der Waals surface area contributed by atoms with Gasteiger partial charge in [0.1, 0.15) is 0 Å². The fourth-order valence-corrected chi connectivity index (χ4v) is 3.07. The van der Waals surface area contributed by atoms with Crippen molar-refractivity contribution in [1.29, 1.82) is 0 Å². The van der Waals surface area contributed by atoms with Gasteiger partial charge in [0.25, 0.3) is 5.91 Å². The van der Waals surface area contributed by atoms with Gasteiger partial charge in [-0.3, -0.25) is 14.5 Å². The number of anilines is 1. The van der Waals surface area contributed by atoms with E-state index in [1.165, 1.54) is 6.07 Å². The maximum atomic E-state index is 13.2. The average molecular weight is 373 g/mol. The first-order valence-electron chi connectivity index (χ1n) is 8.84. The van der Waals surface area contributed by atoms with Crippen molar-refractivity contribution >= 4 is 17.5 Å². The predicted molar refractivity (Wildman–Crippen MR) is 98.4 cm³/mol. The van der Waals surface area contributed by atoms with Gasteiger partial charge in [0.05, 0.1) is 6.54 Å². The average Bonchev–Trinajstić information content (AvgIpc) is 2.67. The van der Waals surface area contributed by atoms with E-state index in [2.05, 4.69) is 10.6 Å². The van der Waals surface area contributed by atoms with Gasteiger partial charge < -0.3 is 10.6 Å². The molecule has 0 saturated carbocycles. The van der Waals surface area contributed by atoms with E-state index in [0.717, 1.165) is 25.0 Å². The predicted octanol–water partition coefficient (Wildman–Crippen LogP) is 2.80.